The highest BCUT2D eigenvalue weighted by molar-refractivity contribution is 5.99. The SMILES string of the molecule is COc1ccc(CN2CCC(C)(C)CC2)cc1C(N)=NO. The van der Waals surface area contributed by atoms with Crippen LogP contribution in [0.15, 0.2) is 23.4 Å². The third-order valence-electron chi connectivity index (χ3n) is 4.26. The van der Waals surface area contributed by atoms with Crippen LogP contribution >= 0.6 is 0 Å². The quantitative estimate of drug-likeness (QED) is 0.387. The van der Waals surface area contributed by atoms with E-state index in [9.17, 15) is 0 Å². The molecule has 2 rings (SSSR count). The van der Waals surface area contributed by atoms with Gasteiger partial charge in [-0.1, -0.05) is 25.1 Å². The first-order chi connectivity index (χ1) is 9.95. The molecule has 1 aromatic carbocycles. The Morgan fingerprint density at radius 1 is 1.38 bits per heavy atom. The van der Waals surface area contributed by atoms with Gasteiger partial charge in [0.05, 0.1) is 12.7 Å². The Morgan fingerprint density at radius 3 is 2.62 bits per heavy atom. The van der Waals surface area contributed by atoms with Crippen LogP contribution in [0.5, 0.6) is 5.75 Å². The van der Waals surface area contributed by atoms with Crippen LogP contribution in [0.1, 0.15) is 37.8 Å². The van der Waals surface area contributed by atoms with Crippen LogP contribution in [0.25, 0.3) is 0 Å². The summed E-state index contributed by atoms with van der Waals surface area (Å²) in [5.41, 5.74) is 7.95. The lowest BCUT2D eigenvalue weighted by atomic mass is 9.82. The van der Waals surface area contributed by atoms with Crippen LogP contribution in [0, 0.1) is 5.41 Å². The van der Waals surface area contributed by atoms with Gasteiger partial charge in [-0.25, -0.2) is 0 Å². The summed E-state index contributed by atoms with van der Waals surface area (Å²) in [4.78, 5) is 2.45. The van der Waals surface area contributed by atoms with Gasteiger partial charge in [-0.05, 0) is 49.0 Å². The fraction of sp³-hybridized carbons (Fsp3) is 0.562. The number of benzene rings is 1. The fourth-order valence-corrected chi connectivity index (χ4v) is 2.68. The third kappa shape index (κ3) is 3.88. The average molecular weight is 291 g/mol. The van der Waals surface area contributed by atoms with Crippen molar-refractivity contribution in [3.63, 3.8) is 0 Å². The molecule has 1 aromatic rings. The Labute approximate surface area is 126 Å². The first-order valence-corrected chi connectivity index (χ1v) is 7.32. The van der Waals surface area contributed by atoms with Gasteiger partial charge >= 0.3 is 0 Å². The van der Waals surface area contributed by atoms with Gasteiger partial charge in [0.15, 0.2) is 5.84 Å². The van der Waals surface area contributed by atoms with E-state index in [1.165, 1.54) is 12.8 Å². The number of methoxy groups -OCH3 is 1. The second-order valence-corrected chi connectivity index (χ2v) is 6.46. The van der Waals surface area contributed by atoms with Crippen molar-refractivity contribution in [3.05, 3.63) is 29.3 Å². The molecular weight excluding hydrogens is 266 g/mol. The molecule has 0 spiro atoms. The van der Waals surface area contributed by atoms with Gasteiger partial charge in [0, 0.05) is 6.54 Å². The van der Waals surface area contributed by atoms with Crippen molar-refractivity contribution < 1.29 is 9.94 Å². The van der Waals surface area contributed by atoms with Crippen LogP contribution in [0.3, 0.4) is 0 Å². The van der Waals surface area contributed by atoms with Crippen molar-refractivity contribution in [1.29, 1.82) is 0 Å². The second kappa shape index (κ2) is 6.35. The zero-order valence-electron chi connectivity index (χ0n) is 13.1. The lowest BCUT2D eigenvalue weighted by molar-refractivity contribution is 0.127. The van der Waals surface area contributed by atoms with Crippen molar-refractivity contribution in [1.82, 2.24) is 4.90 Å². The van der Waals surface area contributed by atoms with E-state index >= 15 is 0 Å². The summed E-state index contributed by atoms with van der Waals surface area (Å²) in [5, 5.41) is 12.0. The molecule has 1 aliphatic heterocycles. The summed E-state index contributed by atoms with van der Waals surface area (Å²) in [6, 6.07) is 5.84. The third-order valence-corrected chi connectivity index (χ3v) is 4.26. The van der Waals surface area contributed by atoms with Gasteiger partial charge < -0.3 is 15.7 Å². The molecule has 1 heterocycles. The molecule has 0 saturated carbocycles. The molecule has 116 valence electrons. The van der Waals surface area contributed by atoms with Gasteiger partial charge in [-0.2, -0.15) is 0 Å². The molecule has 0 bridgehead atoms. The number of hydrogen-bond donors (Lipinski definition) is 2. The molecule has 5 heteroatoms. The number of amidine groups is 1. The molecule has 1 aliphatic rings. The Morgan fingerprint density at radius 2 is 2.05 bits per heavy atom. The predicted octanol–water partition coefficient (Wildman–Crippen LogP) is 2.41. The van der Waals surface area contributed by atoms with Crippen molar-refractivity contribution in [2.75, 3.05) is 20.2 Å². The maximum Gasteiger partial charge on any atom is 0.173 e. The lowest BCUT2D eigenvalue weighted by Gasteiger charge is -2.37. The summed E-state index contributed by atoms with van der Waals surface area (Å²) in [5.74, 6) is 0.697. The van der Waals surface area contributed by atoms with E-state index in [0.29, 0.717) is 16.7 Å². The number of hydrogen-bond acceptors (Lipinski definition) is 4. The topological polar surface area (TPSA) is 71.1 Å². The van der Waals surface area contributed by atoms with Crippen LogP contribution < -0.4 is 10.5 Å². The van der Waals surface area contributed by atoms with E-state index in [0.717, 1.165) is 25.2 Å². The monoisotopic (exact) mass is 291 g/mol. The van der Waals surface area contributed by atoms with Crippen molar-refractivity contribution >= 4 is 5.84 Å². The summed E-state index contributed by atoms with van der Waals surface area (Å²) >= 11 is 0. The first-order valence-electron chi connectivity index (χ1n) is 7.32. The molecule has 0 amide bonds. The summed E-state index contributed by atoms with van der Waals surface area (Å²) in [6.07, 6.45) is 2.44. The van der Waals surface area contributed by atoms with E-state index in [4.69, 9.17) is 15.7 Å². The van der Waals surface area contributed by atoms with Gasteiger partial charge in [0.2, 0.25) is 0 Å². The number of piperidine rings is 1. The molecule has 5 nitrogen and oxygen atoms in total. The standard InChI is InChI=1S/C16H25N3O2/c1-16(2)6-8-19(9-7-16)11-12-4-5-14(21-3)13(10-12)15(17)18-20/h4-5,10,20H,6-9,11H2,1-3H3,(H2,17,18). The summed E-state index contributed by atoms with van der Waals surface area (Å²) in [7, 11) is 1.58. The second-order valence-electron chi connectivity index (χ2n) is 6.46. The minimum atomic E-state index is 0.0773. The largest absolute Gasteiger partial charge is 0.496 e. The van der Waals surface area contributed by atoms with Gasteiger partial charge in [-0.3, -0.25) is 4.90 Å². The first kappa shape index (κ1) is 15.6. The van der Waals surface area contributed by atoms with Crippen LogP contribution in [-0.4, -0.2) is 36.1 Å². The van der Waals surface area contributed by atoms with E-state index < -0.39 is 0 Å². The van der Waals surface area contributed by atoms with Crippen molar-refractivity contribution in [2.45, 2.75) is 33.2 Å². The molecule has 1 saturated heterocycles. The van der Waals surface area contributed by atoms with E-state index in [2.05, 4.69) is 23.9 Å². The highest BCUT2D eigenvalue weighted by Gasteiger charge is 2.25. The van der Waals surface area contributed by atoms with Crippen molar-refractivity contribution in [3.8, 4) is 5.75 Å². The van der Waals surface area contributed by atoms with E-state index in [-0.39, 0.29) is 5.84 Å². The minimum Gasteiger partial charge on any atom is -0.496 e. The Kier molecular flexibility index (Phi) is 4.73. The smallest absolute Gasteiger partial charge is 0.173 e. The maximum absolute atomic E-state index is 8.88. The lowest BCUT2D eigenvalue weighted by Crippen LogP contribution is -2.36. The molecule has 0 unspecified atom stereocenters. The van der Waals surface area contributed by atoms with E-state index in [1.54, 1.807) is 7.11 Å². The summed E-state index contributed by atoms with van der Waals surface area (Å²) < 4.78 is 5.26. The van der Waals surface area contributed by atoms with Gasteiger partial charge in [0.25, 0.3) is 0 Å². The molecule has 3 N–H and O–H groups in total. The Bertz CT molecular complexity index is 516. The molecule has 0 radical (unpaired) electrons. The zero-order valence-corrected chi connectivity index (χ0v) is 13.1. The van der Waals surface area contributed by atoms with Crippen LogP contribution in [0.2, 0.25) is 0 Å². The molecule has 0 aliphatic carbocycles. The zero-order chi connectivity index (χ0) is 15.5. The number of rotatable bonds is 4. The highest BCUT2D eigenvalue weighted by Crippen LogP contribution is 2.30. The molecule has 0 atom stereocenters. The number of nitrogens with two attached hydrogens (primary N) is 1. The Hall–Kier alpha value is -1.75. The number of oxime groups is 1. The average Bonchev–Trinajstić information content (AvgIpc) is 2.48. The maximum atomic E-state index is 8.88. The van der Waals surface area contributed by atoms with Crippen LogP contribution in [-0.2, 0) is 6.54 Å². The molecule has 1 fully saturated rings. The fourth-order valence-electron chi connectivity index (χ4n) is 2.68. The number of nitrogens with zero attached hydrogens (tertiary/aromatic N) is 2. The minimum absolute atomic E-state index is 0.0773. The van der Waals surface area contributed by atoms with Gasteiger partial charge in [-0.15, -0.1) is 0 Å². The van der Waals surface area contributed by atoms with Crippen molar-refractivity contribution in [2.24, 2.45) is 16.3 Å². The van der Waals surface area contributed by atoms with Crippen LogP contribution in [0.4, 0.5) is 0 Å². The molecule has 0 aromatic heterocycles. The molecule has 21 heavy (non-hydrogen) atoms. The predicted molar refractivity (Wildman–Crippen MR) is 83.8 cm³/mol. The Balaban J connectivity index is 2.11. The van der Waals surface area contributed by atoms with E-state index in [1.807, 2.05) is 18.2 Å². The number of ether oxygens (including phenoxy) is 1. The number of likely N-dealkylation sites (tertiary alicyclic amines) is 1. The normalized spacial score (nSPS) is 19.5. The molecular formula is C16H25N3O2. The van der Waals surface area contributed by atoms with Gasteiger partial charge in [0.1, 0.15) is 5.75 Å². The highest BCUT2D eigenvalue weighted by atomic mass is 16.5. The summed E-state index contributed by atoms with van der Waals surface area (Å²) in [6.45, 7) is 7.75.